The fourth-order valence-electron chi connectivity index (χ4n) is 5.02. The lowest BCUT2D eigenvalue weighted by Gasteiger charge is -2.38. The first-order chi connectivity index (χ1) is 18.8. The van der Waals surface area contributed by atoms with Gasteiger partial charge < -0.3 is 29.8 Å². The average molecular weight is 596 g/mol. The molecule has 3 N–H and O–H groups in total. The smallest absolute Gasteiger partial charge is 0.408 e. The summed E-state index contributed by atoms with van der Waals surface area (Å²) in [5.74, 6) is -1.32. The fourth-order valence-corrected chi connectivity index (χ4v) is 6.38. The summed E-state index contributed by atoms with van der Waals surface area (Å²) >= 11 is 0. The number of alkyl carbamates (subject to hydrolysis) is 1. The largest absolute Gasteiger partial charge is 0.479 e. The van der Waals surface area contributed by atoms with Crippen molar-refractivity contribution in [1.29, 1.82) is 0 Å². The van der Waals surface area contributed by atoms with E-state index in [-0.39, 0.29) is 29.0 Å². The van der Waals surface area contributed by atoms with Crippen molar-refractivity contribution in [2.24, 2.45) is 5.92 Å². The molecule has 2 aliphatic rings. The second-order valence-electron chi connectivity index (χ2n) is 14.2. The average Bonchev–Trinajstić information content (AvgIpc) is 3.40. The number of carbonyl (C=O) groups is 4. The Balaban J connectivity index is 1.94. The normalized spacial score (nSPS) is 25.6. The molecule has 1 saturated heterocycles. The molecule has 0 radical (unpaired) electrons. The van der Waals surface area contributed by atoms with Crippen molar-refractivity contribution < 1.29 is 33.4 Å². The van der Waals surface area contributed by atoms with Gasteiger partial charge in [-0.15, -0.1) is 0 Å². The van der Waals surface area contributed by atoms with Crippen LogP contribution in [-0.4, -0.2) is 78.6 Å². The highest BCUT2D eigenvalue weighted by Crippen LogP contribution is 2.44. The molecule has 1 aliphatic heterocycles. The van der Waals surface area contributed by atoms with Gasteiger partial charge in [0.05, 0.1) is 6.10 Å². The molecule has 1 heterocycles. The van der Waals surface area contributed by atoms with Crippen LogP contribution in [0.3, 0.4) is 0 Å². The molecule has 41 heavy (non-hydrogen) atoms. The standard InChI is InChI=1S/C30H53N3O7Si/c1-21-17-23(40-41(8,9)29(5,6)7)19-33(21)25(35)24(32-27(38)39-28(2,3)4)16-14-12-10-11-13-15-22-18-30(22,26(36)37)31-20-34/h13,15,20-24H,10-12,14,16-19H2,1-9H3,(H,31,34)(H,32,38)(H,36,37)/b15-13-/t21?,22-,23-,24+,30-/m1/s1. The molecule has 0 aromatic carbocycles. The maximum absolute atomic E-state index is 13.7. The molecule has 1 aliphatic carbocycles. The predicted octanol–water partition coefficient (Wildman–Crippen LogP) is 4.99. The van der Waals surface area contributed by atoms with Gasteiger partial charge in [0.25, 0.3) is 0 Å². The number of unbranched alkanes of at least 4 members (excludes halogenated alkanes) is 3. The number of likely N-dealkylation sites (tertiary alicyclic amines) is 1. The summed E-state index contributed by atoms with van der Waals surface area (Å²) in [6.45, 7) is 19.0. The molecular formula is C30H53N3O7Si. The number of rotatable bonds is 14. The summed E-state index contributed by atoms with van der Waals surface area (Å²) in [6.07, 6.45) is 8.51. The molecule has 1 saturated carbocycles. The third-order valence-corrected chi connectivity index (χ3v) is 13.1. The molecule has 0 aromatic heterocycles. The van der Waals surface area contributed by atoms with Crippen LogP contribution in [0, 0.1) is 5.92 Å². The Morgan fingerprint density at radius 1 is 1.12 bits per heavy atom. The van der Waals surface area contributed by atoms with Gasteiger partial charge in [-0.3, -0.25) is 9.59 Å². The van der Waals surface area contributed by atoms with Crippen LogP contribution >= 0.6 is 0 Å². The van der Waals surface area contributed by atoms with E-state index in [1.54, 1.807) is 20.8 Å². The number of nitrogens with zero attached hydrogens (tertiary/aromatic N) is 1. The zero-order valence-corrected chi connectivity index (χ0v) is 27.5. The number of hydrogen-bond acceptors (Lipinski definition) is 6. The number of aliphatic carboxylic acids is 1. The molecule has 0 spiro atoms. The third-order valence-electron chi connectivity index (χ3n) is 8.52. The first-order valence-corrected chi connectivity index (χ1v) is 17.8. The van der Waals surface area contributed by atoms with Crippen molar-refractivity contribution in [1.82, 2.24) is 15.5 Å². The van der Waals surface area contributed by atoms with E-state index in [2.05, 4.69) is 44.5 Å². The van der Waals surface area contributed by atoms with E-state index < -0.39 is 37.6 Å². The minimum atomic E-state index is -1.98. The van der Waals surface area contributed by atoms with Crippen LogP contribution in [0.25, 0.3) is 0 Å². The minimum Gasteiger partial charge on any atom is -0.479 e. The fraction of sp³-hybridized carbons (Fsp3) is 0.800. The summed E-state index contributed by atoms with van der Waals surface area (Å²) in [4.78, 5) is 50.3. The van der Waals surface area contributed by atoms with Gasteiger partial charge in [0, 0.05) is 18.5 Å². The summed E-state index contributed by atoms with van der Waals surface area (Å²) < 4.78 is 12.1. The lowest BCUT2D eigenvalue weighted by molar-refractivity contribution is -0.142. The Morgan fingerprint density at radius 2 is 1.78 bits per heavy atom. The molecule has 11 heteroatoms. The van der Waals surface area contributed by atoms with Crippen molar-refractivity contribution >= 4 is 32.7 Å². The quantitative estimate of drug-likeness (QED) is 0.112. The molecule has 1 unspecified atom stereocenters. The zero-order chi connectivity index (χ0) is 31.2. The summed E-state index contributed by atoms with van der Waals surface area (Å²) in [7, 11) is -1.98. The maximum Gasteiger partial charge on any atom is 0.408 e. The van der Waals surface area contributed by atoms with E-state index in [4.69, 9.17) is 9.16 Å². The second kappa shape index (κ2) is 13.7. The number of ether oxygens (including phenoxy) is 1. The van der Waals surface area contributed by atoms with Crippen LogP contribution in [0.4, 0.5) is 4.79 Å². The Kier molecular flexibility index (Phi) is 11.6. The lowest BCUT2D eigenvalue weighted by atomic mass is 10.0. The summed E-state index contributed by atoms with van der Waals surface area (Å²) in [5.41, 5.74) is -1.84. The van der Waals surface area contributed by atoms with Gasteiger partial charge in [-0.25, -0.2) is 9.59 Å². The van der Waals surface area contributed by atoms with Crippen LogP contribution in [-0.2, 0) is 23.5 Å². The number of nitrogens with one attached hydrogen (secondary N) is 2. The Hall–Kier alpha value is -2.40. The molecule has 5 atom stereocenters. The Morgan fingerprint density at radius 3 is 2.34 bits per heavy atom. The molecule has 234 valence electrons. The van der Waals surface area contributed by atoms with Gasteiger partial charge in [-0.1, -0.05) is 45.8 Å². The Labute approximate surface area is 247 Å². The summed E-state index contributed by atoms with van der Waals surface area (Å²) in [6, 6.07) is -0.675. The van der Waals surface area contributed by atoms with Crippen molar-refractivity contribution in [2.75, 3.05) is 6.54 Å². The van der Waals surface area contributed by atoms with Crippen LogP contribution < -0.4 is 10.6 Å². The van der Waals surface area contributed by atoms with E-state index in [0.29, 0.717) is 25.8 Å². The van der Waals surface area contributed by atoms with E-state index >= 15 is 0 Å². The van der Waals surface area contributed by atoms with Gasteiger partial charge in [0.1, 0.15) is 17.2 Å². The molecule has 0 bridgehead atoms. The molecule has 3 amide bonds. The first-order valence-electron chi connectivity index (χ1n) is 14.9. The van der Waals surface area contributed by atoms with Gasteiger partial charge in [-0.2, -0.15) is 0 Å². The number of hydrogen-bond donors (Lipinski definition) is 3. The van der Waals surface area contributed by atoms with Crippen molar-refractivity contribution in [3.63, 3.8) is 0 Å². The lowest BCUT2D eigenvalue weighted by Crippen LogP contribution is -2.51. The molecule has 10 nitrogen and oxygen atoms in total. The Bertz CT molecular complexity index is 972. The number of carboxylic acid groups (broad SMARTS) is 1. The zero-order valence-electron chi connectivity index (χ0n) is 26.5. The topological polar surface area (TPSA) is 134 Å². The summed E-state index contributed by atoms with van der Waals surface area (Å²) in [5, 5.41) is 14.7. The molecule has 2 fully saturated rings. The number of carboxylic acids is 1. The first kappa shape index (κ1) is 34.8. The van der Waals surface area contributed by atoms with Gasteiger partial charge in [0.2, 0.25) is 12.3 Å². The van der Waals surface area contributed by atoms with Crippen molar-refractivity contribution in [2.45, 2.75) is 141 Å². The molecule has 0 aromatic rings. The van der Waals surface area contributed by atoms with E-state index in [1.165, 1.54) is 0 Å². The van der Waals surface area contributed by atoms with E-state index in [9.17, 15) is 24.3 Å². The van der Waals surface area contributed by atoms with Crippen LogP contribution in [0.5, 0.6) is 0 Å². The van der Waals surface area contributed by atoms with Gasteiger partial charge in [-0.05, 0) is 77.9 Å². The van der Waals surface area contributed by atoms with E-state index in [1.807, 2.05) is 24.0 Å². The van der Waals surface area contributed by atoms with E-state index in [0.717, 1.165) is 32.1 Å². The number of allylic oxidation sites excluding steroid dienone is 1. The van der Waals surface area contributed by atoms with Crippen LogP contribution in [0.2, 0.25) is 18.1 Å². The SMILES string of the molecule is CC1C[C@@H](O[Si](C)(C)C(C)(C)C)CN1C(=O)[C@H](CCCCC/C=C\[C@@H]1C[C@]1(NC=O)C(=O)O)NC(=O)OC(C)(C)C. The van der Waals surface area contributed by atoms with Gasteiger partial charge in [0.15, 0.2) is 8.32 Å². The van der Waals surface area contributed by atoms with Crippen molar-refractivity contribution in [3.8, 4) is 0 Å². The molecule has 2 rings (SSSR count). The highest BCUT2D eigenvalue weighted by Gasteiger charge is 2.59. The monoisotopic (exact) mass is 595 g/mol. The number of carbonyl (C=O) groups excluding carboxylic acids is 3. The predicted molar refractivity (Wildman–Crippen MR) is 161 cm³/mol. The highest BCUT2D eigenvalue weighted by molar-refractivity contribution is 6.74. The van der Waals surface area contributed by atoms with Crippen LogP contribution in [0.15, 0.2) is 12.2 Å². The third kappa shape index (κ3) is 9.84. The van der Waals surface area contributed by atoms with Crippen LogP contribution in [0.1, 0.15) is 93.4 Å². The second-order valence-corrected chi connectivity index (χ2v) is 18.9. The van der Waals surface area contributed by atoms with Crippen molar-refractivity contribution in [3.05, 3.63) is 12.2 Å². The minimum absolute atomic E-state index is 0.0133. The van der Waals surface area contributed by atoms with Gasteiger partial charge >= 0.3 is 12.1 Å². The molecular weight excluding hydrogens is 542 g/mol. The maximum atomic E-state index is 13.7. The number of amides is 3. The highest BCUT2D eigenvalue weighted by atomic mass is 28.4.